The number of nitrogens with zero attached hydrogens (tertiary/aromatic N) is 1. The summed E-state index contributed by atoms with van der Waals surface area (Å²) in [4.78, 5) is 3.88. The molecule has 84 valence electrons. The maximum atomic E-state index is 9.72. The first-order valence-corrected chi connectivity index (χ1v) is 4.45. The zero-order valence-corrected chi connectivity index (χ0v) is 8.42. The molecule has 0 fully saturated rings. The number of aliphatic hydroxyl groups excluding tert-OH is 2. The molecule has 0 saturated heterocycles. The number of hydrogen-bond donors (Lipinski definition) is 4. The van der Waals surface area contributed by atoms with E-state index in [1.807, 2.05) is 0 Å². The van der Waals surface area contributed by atoms with Crippen molar-refractivity contribution in [3.63, 3.8) is 0 Å². The van der Waals surface area contributed by atoms with Gasteiger partial charge in [-0.15, -0.1) is 0 Å². The summed E-state index contributed by atoms with van der Waals surface area (Å²) in [6, 6.07) is 1.50. The van der Waals surface area contributed by atoms with Crippen LogP contribution < -0.4 is 16.2 Å². The maximum Gasteiger partial charge on any atom is 0.219 e. The molecular weight excluding hydrogens is 198 g/mol. The Hall–Kier alpha value is -1.37. The number of nitrogens with two attached hydrogens (primary N) is 2. The lowest BCUT2D eigenvalue weighted by molar-refractivity contribution is 0.0226. The van der Waals surface area contributed by atoms with E-state index in [2.05, 4.69) is 4.98 Å². The summed E-state index contributed by atoms with van der Waals surface area (Å²) in [5, 5.41) is 19.1. The van der Waals surface area contributed by atoms with E-state index < -0.39 is 12.2 Å². The average molecular weight is 213 g/mol. The van der Waals surface area contributed by atoms with Crippen molar-refractivity contribution in [3.05, 3.63) is 17.8 Å². The Balaban J connectivity index is 3.05. The van der Waals surface area contributed by atoms with Crippen molar-refractivity contribution in [2.45, 2.75) is 12.2 Å². The molecule has 1 aromatic rings. The predicted octanol–water partition coefficient (Wildman–Crippen LogP) is -0.975. The Labute approximate surface area is 87.5 Å². The van der Waals surface area contributed by atoms with Gasteiger partial charge < -0.3 is 26.4 Å². The topological polar surface area (TPSA) is 115 Å². The van der Waals surface area contributed by atoms with Crippen LogP contribution in [-0.4, -0.2) is 35.0 Å². The fourth-order valence-corrected chi connectivity index (χ4v) is 1.20. The third-order valence-corrected chi connectivity index (χ3v) is 2.02. The number of ether oxygens (including phenoxy) is 1. The molecule has 0 radical (unpaired) electrons. The Morgan fingerprint density at radius 2 is 2.20 bits per heavy atom. The highest BCUT2D eigenvalue weighted by atomic mass is 16.5. The molecule has 2 unspecified atom stereocenters. The van der Waals surface area contributed by atoms with Gasteiger partial charge in [-0.05, 0) is 6.07 Å². The Bertz CT molecular complexity index is 332. The van der Waals surface area contributed by atoms with Crippen molar-refractivity contribution in [1.29, 1.82) is 0 Å². The van der Waals surface area contributed by atoms with E-state index in [0.29, 0.717) is 11.3 Å². The second kappa shape index (κ2) is 4.92. The number of hydrogen-bond acceptors (Lipinski definition) is 6. The molecule has 2 atom stereocenters. The third-order valence-electron chi connectivity index (χ3n) is 2.02. The molecule has 6 N–H and O–H groups in total. The van der Waals surface area contributed by atoms with E-state index in [4.69, 9.17) is 16.2 Å². The van der Waals surface area contributed by atoms with Crippen LogP contribution in [0.3, 0.4) is 0 Å². The smallest absolute Gasteiger partial charge is 0.219 e. The normalized spacial score (nSPS) is 14.7. The van der Waals surface area contributed by atoms with Crippen molar-refractivity contribution in [1.82, 2.24) is 4.98 Å². The van der Waals surface area contributed by atoms with E-state index in [0.717, 1.165) is 0 Å². The van der Waals surface area contributed by atoms with Crippen LogP contribution in [0, 0.1) is 0 Å². The van der Waals surface area contributed by atoms with Crippen LogP contribution in [0.5, 0.6) is 5.88 Å². The molecular formula is C9H15N3O3. The first kappa shape index (κ1) is 11.7. The third kappa shape index (κ3) is 2.56. The first-order valence-electron chi connectivity index (χ1n) is 4.45. The van der Waals surface area contributed by atoms with Gasteiger partial charge in [0, 0.05) is 12.1 Å². The predicted molar refractivity (Wildman–Crippen MR) is 55.2 cm³/mol. The summed E-state index contributed by atoms with van der Waals surface area (Å²) < 4.78 is 4.94. The van der Waals surface area contributed by atoms with Crippen molar-refractivity contribution < 1.29 is 14.9 Å². The van der Waals surface area contributed by atoms with Crippen LogP contribution in [0.25, 0.3) is 0 Å². The second-order valence-corrected chi connectivity index (χ2v) is 3.12. The molecule has 1 heterocycles. The van der Waals surface area contributed by atoms with Gasteiger partial charge >= 0.3 is 0 Å². The molecule has 0 aliphatic heterocycles. The average Bonchev–Trinajstić information content (AvgIpc) is 2.27. The molecule has 0 spiro atoms. The van der Waals surface area contributed by atoms with E-state index in [9.17, 15) is 10.2 Å². The molecule has 6 heteroatoms. The van der Waals surface area contributed by atoms with Gasteiger partial charge in [0.1, 0.15) is 6.10 Å². The molecule has 0 saturated carbocycles. The van der Waals surface area contributed by atoms with Gasteiger partial charge in [0.15, 0.2) is 0 Å². The van der Waals surface area contributed by atoms with Crippen LogP contribution in [0.4, 0.5) is 5.69 Å². The van der Waals surface area contributed by atoms with Crippen LogP contribution in [0.1, 0.15) is 11.7 Å². The lowest BCUT2D eigenvalue weighted by atomic mass is 10.1. The Kier molecular flexibility index (Phi) is 3.84. The number of rotatable bonds is 4. The summed E-state index contributed by atoms with van der Waals surface area (Å²) in [5.41, 5.74) is 11.5. The standard InChI is InChI=1S/C9H15N3O3/c1-15-9-6(2-5(11)4-12-9)8(14)7(13)3-10/h2,4,7-8,13-14H,3,10-11H2,1H3. The molecule has 1 rings (SSSR count). The van der Waals surface area contributed by atoms with Crippen molar-refractivity contribution in [3.8, 4) is 5.88 Å². The van der Waals surface area contributed by atoms with Crippen LogP contribution in [-0.2, 0) is 0 Å². The van der Waals surface area contributed by atoms with Gasteiger partial charge in [-0.25, -0.2) is 4.98 Å². The largest absolute Gasteiger partial charge is 0.481 e. The summed E-state index contributed by atoms with van der Waals surface area (Å²) in [7, 11) is 1.42. The molecule has 0 aromatic carbocycles. The number of aliphatic hydroxyl groups is 2. The molecule has 15 heavy (non-hydrogen) atoms. The Morgan fingerprint density at radius 3 is 2.73 bits per heavy atom. The molecule has 0 aliphatic carbocycles. The SMILES string of the molecule is COc1ncc(N)cc1C(O)C(O)CN. The van der Waals surface area contributed by atoms with Crippen molar-refractivity contribution >= 4 is 5.69 Å². The van der Waals surface area contributed by atoms with Gasteiger partial charge in [-0.3, -0.25) is 0 Å². The van der Waals surface area contributed by atoms with E-state index in [1.165, 1.54) is 19.4 Å². The van der Waals surface area contributed by atoms with Gasteiger partial charge in [0.05, 0.1) is 25.1 Å². The fraction of sp³-hybridized carbons (Fsp3) is 0.444. The molecule has 0 aliphatic rings. The van der Waals surface area contributed by atoms with Gasteiger partial charge in [0.25, 0.3) is 0 Å². The van der Waals surface area contributed by atoms with E-state index in [-0.39, 0.29) is 12.4 Å². The number of aromatic nitrogens is 1. The minimum atomic E-state index is -1.15. The summed E-state index contributed by atoms with van der Waals surface area (Å²) in [6.45, 7) is -0.0564. The van der Waals surface area contributed by atoms with Gasteiger partial charge in [0.2, 0.25) is 5.88 Å². The summed E-state index contributed by atoms with van der Waals surface area (Å²) in [6.07, 6.45) is -0.812. The minimum absolute atomic E-state index is 0.0564. The number of methoxy groups -OCH3 is 1. The van der Waals surface area contributed by atoms with E-state index >= 15 is 0 Å². The molecule has 0 amide bonds. The van der Waals surface area contributed by atoms with Crippen LogP contribution in [0.15, 0.2) is 12.3 Å². The second-order valence-electron chi connectivity index (χ2n) is 3.12. The monoisotopic (exact) mass is 213 g/mol. The number of anilines is 1. The molecule has 0 bridgehead atoms. The van der Waals surface area contributed by atoms with Gasteiger partial charge in [-0.1, -0.05) is 0 Å². The summed E-state index contributed by atoms with van der Waals surface area (Å²) >= 11 is 0. The quantitative estimate of drug-likeness (QED) is 0.511. The van der Waals surface area contributed by atoms with Gasteiger partial charge in [-0.2, -0.15) is 0 Å². The highest BCUT2D eigenvalue weighted by Gasteiger charge is 2.21. The zero-order valence-electron chi connectivity index (χ0n) is 8.42. The van der Waals surface area contributed by atoms with Crippen molar-refractivity contribution in [2.75, 3.05) is 19.4 Å². The molecule has 1 aromatic heterocycles. The van der Waals surface area contributed by atoms with Crippen LogP contribution in [0.2, 0.25) is 0 Å². The van der Waals surface area contributed by atoms with Crippen molar-refractivity contribution in [2.24, 2.45) is 5.73 Å². The fourth-order valence-electron chi connectivity index (χ4n) is 1.20. The molecule has 6 nitrogen and oxygen atoms in total. The number of nitrogen functional groups attached to an aromatic ring is 1. The van der Waals surface area contributed by atoms with Crippen LogP contribution >= 0.6 is 0 Å². The zero-order chi connectivity index (χ0) is 11.4. The van der Waals surface area contributed by atoms with E-state index in [1.54, 1.807) is 0 Å². The highest BCUT2D eigenvalue weighted by Crippen LogP contribution is 2.26. The Morgan fingerprint density at radius 1 is 1.53 bits per heavy atom. The minimum Gasteiger partial charge on any atom is -0.481 e. The first-order chi connectivity index (χ1) is 7.10. The lowest BCUT2D eigenvalue weighted by Gasteiger charge is -2.18. The number of pyridine rings is 1. The highest BCUT2D eigenvalue weighted by molar-refractivity contribution is 5.43. The lowest BCUT2D eigenvalue weighted by Crippen LogP contribution is -2.27. The summed E-state index contributed by atoms with van der Waals surface area (Å²) in [5.74, 6) is 0.226. The maximum absolute atomic E-state index is 9.72.